The van der Waals surface area contributed by atoms with Crippen LogP contribution in [-0.2, 0) is 6.54 Å². The highest BCUT2D eigenvalue weighted by Crippen LogP contribution is 2.25. The van der Waals surface area contributed by atoms with E-state index >= 15 is 0 Å². The summed E-state index contributed by atoms with van der Waals surface area (Å²) in [6, 6.07) is 10.8. The molecule has 8 heteroatoms. The Morgan fingerprint density at radius 3 is 2.57 bits per heavy atom. The zero-order valence-electron chi connectivity index (χ0n) is 15.7. The Balaban J connectivity index is 1.89. The molecule has 0 unspecified atom stereocenters. The van der Waals surface area contributed by atoms with Crippen molar-refractivity contribution >= 4 is 17.3 Å². The van der Waals surface area contributed by atoms with E-state index in [0.717, 1.165) is 0 Å². The molecule has 0 bridgehead atoms. The number of anilines is 1. The first-order valence-electron chi connectivity index (χ1n) is 8.62. The standard InChI is InChI=1S/C20H19FN4O3/c1-12-16(8-6-10-18(12)25(27)28)20(26)22-19-13(2)23-24(14(19)3)11-15-7-4-5-9-17(15)21/h4-10H,11H2,1-3H3,(H,22,26). The van der Waals surface area contributed by atoms with Gasteiger partial charge >= 0.3 is 0 Å². The van der Waals surface area contributed by atoms with Crippen LogP contribution in [0.1, 0.15) is 32.9 Å². The summed E-state index contributed by atoms with van der Waals surface area (Å²) in [5.74, 6) is -0.786. The van der Waals surface area contributed by atoms with Gasteiger partial charge in [-0.05, 0) is 32.9 Å². The maximum absolute atomic E-state index is 13.9. The number of halogens is 1. The lowest BCUT2D eigenvalue weighted by Crippen LogP contribution is -2.15. The predicted octanol–water partition coefficient (Wildman–Crippen LogP) is 4.16. The third kappa shape index (κ3) is 3.62. The third-order valence-electron chi connectivity index (χ3n) is 4.64. The molecular weight excluding hydrogens is 363 g/mol. The van der Waals surface area contributed by atoms with Crippen LogP contribution in [0, 0.1) is 36.7 Å². The molecule has 3 aromatic rings. The van der Waals surface area contributed by atoms with Crippen molar-refractivity contribution in [2.24, 2.45) is 0 Å². The van der Waals surface area contributed by atoms with E-state index in [-0.39, 0.29) is 23.6 Å². The molecule has 0 saturated carbocycles. The van der Waals surface area contributed by atoms with Crippen molar-refractivity contribution in [2.75, 3.05) is 5.32 Å². The van der Waals surface area contributed by atoms with Gasteiger partial charge in [0, 0.05) is 22.8 Å². The van der Waals surface area contributed by atoms with Gasteiger partial charge in [0.05, 0.1) is 28.5 Å². The Hall–Kier alpha value is -3.55. The Morgan fingerprint density at radius 1 is 1.18 bits per heavy atom. The quantitative estimate of drug-likeness (QED) is 0.530. The number of amides is 1. The molecule has 0 radical (unpaired) electrons. The van der Waals surface area contributed by atoms with Gasteiger partial charge in [0.25, 0.3) is 11.6 Å². The van der Waals surface area contributed by atoms with E-state index in [9.17, 15) is 19.3 Å². The average Bonchev–Trinajstić information content (AvgIpc) is 2.91. The number of nitrogens with one attached hydrogen (secondary N) is 1. The molecule has 144 valence electrons. The molecule has 1 amide bonds. The topological polar surface area (TPSA) is 90.1 Å². The number of benzene rings is 2. The number of nitro groups is 1. The average molecular weight is 382 g/mol. The number of aromatic nitrogens is 2. The van der Waals surface area contributed by atoms with Crippen LogP contribution in [0.3, 0.4) is 0 Å². The van der Waals surface area contributed by atoms with Gasteiger partial charge in [-0.15, -0.1) is 0 Å². The number of nitro benzene ring substituents is 1. The van der Waals surface area contributed by atoms with E-state index in [1.807, 2.05) is 0 Å². The number of carbonyl (C=O) groups excluding carboxylic acids is 1. The third-order valence-corrected chi connectivity index (χ3v) is 4.64. The lowest BCUT2D eigenvalue weighted by molar-refractivity contribution is -0.385. The van der Waals surface area contributed by atoms with Crippen LogP contribution < -0.4 is 5.32 Å². The first kappa shape index (κ1) is 19.2. The summed E-state index contributed by atoms with van der Waals surface area (Å²) in [5, 5.41) is 18.3. The van der Waals surface area contributed by atoms with Gasteiger partial charge in [-0.25, -0.2) is 4.39 Å². The van der Waals surface area contributed by atoms with Crippen molar-refractivity contribution in [3.8, 4) is 0 Å². The molecule has 0 aliphatic carbocycles. The molecule has 2 aromatic carbocycles. The van der Waals surface area contributed by atoms with Crippen LogP contribution in [0.15, 0.2) is 42.5 Å². The van der Waals surface area contributed by atoms with Crippen LogP contribution in [0.4, 0.5) is 15.8 Å². The minimum atomic E-state index is -0.519. The van der Waals surface area contributed by atoms with E-state index in [4.69, 9.17) is 0 Å². The lowest BCUT2D eigenvalue weighted by Gasteiger charge is -2.09. The normalized spacial score (nSPS) is 10.7. The van der Waals surface area contributed by atoms with Crippen molar-refractivity contribution in [3.63, 3.8) is 0 Å². The van der Waals surface area contributed by atoms with Gasteiger partial charge in [0.2, 0.25) is 0 Å². The van der Waals surface area contributed by atoms with Crippen LogP contribution in [0.25, 0.3) is 0 Å². The second-order valence-corrected chi connectivity index (χ2v) is 6.46. The number of rotatable bonds is 5. The van der Waals surface area contributed by atoms with Crippen LogP contribution >= 0.6 is 0 Å². The van der Waals surface area contributed by atoms with Gasteiger partial charge in [0.15, 0.2) is 0 Å². The van der Waals surface area contributed by atoms with Crippen molar-refractivity contribution in [1.29, 1.82) is 0 Å². The molecule has 1 N–H and O–H groups in total. The zero-order chi connectivity index (χ0) is 20.4. The highest BCUT2D eigenvalue weighted by atomic mass is 19.1. The van der Waals surface area contributed by atoms with Gasteiger partial charge in [-0.3, -0.25) is 19.6 Å². The molecule has 28 heavy (non-hydrogen) atoms. The molecule has 3 rings (SSSR count). The molecular formula is C20H19FN4O3. The fourth-order valence-corrected chi connectivity index (χ4v) is 3.07. The SMILES string of the molecule is Cc1nn(Cc2ccccc2F)c(C)c1NC(=O)c1cccc([N+](=O)[O-])c1C. The van der Waals surface area contributed by atoms with E-state index < -0.39 is 10.8 Å². The molecule has 0 atom stereocenters. The first-order chi connectivity index (χ1) is 13.3. The van der Waals surface area contributed by atoms with Crippen LogP contribution in [0.5, 0.6) is 0 Å². The smallest absolute Gasteiger partial charge is 0.273 e. The highest BCUT2D eigenvalue weighted by molar-refractivity contribution is 6.06. The van der Waals surface area contributed by atoms with Crippen molar-refractivity contribution in [3.05, 3.63) is 86.5 Å². The highest BCUT2D eigenvalue weighted by Gasteiger charge is 2.21. The molecule has 0 fully saturated rings. The van der Waals surface area contributed by atoms with Crippen molar-refractivity contribution < 1.29 is 14.1 Å². The monoisotopic (exact) mass is 382 g/mol. The summed E-state index contributed by atoms with van der Waals surface area (Å²) >= 11 is 0. The van der Waals surface area contributed by atoms with Gasteiger partial charge in [-0.2, -0.15) is 5.10 Å². The van der Waals surface area contributed by atoms with E-state index in [0.29, 0.717) is 28.2 Å². The number of nitrogens with zero attached hydrogens (tertiary/aromatic N) is 3. The van der Waals surface area contributed by atoms with E-state index in [2.05, 4.69) is 10.4 Å². The first-order valence-corrected chi connectivity index (χ1v) is 8.62. The Morgan fingerprint density at radius 2 is 1.89 bits per heavy atom. The Kier molecular flexibility index (Phi) is 5.21. The maximum atomic E-state index is 13.9. The molecule has 0 saturated heterocycles. The maximum Gasteiger partial charge on any atom is 0.273 e. The second-order valence-electron chi connectivity index (χ2n) is 6.46. The Labute approximate surface area is 161 Å². The predicted molar refractivity (Wildman–Crippen MR) is 103 cm³/mol. The minimum absolute atomic E-state index is 0.114. The number of aryl methyl sites for hydroxylation is 1. The Bertz CT molecular complexity index is 1080. The molecule has 0 aliphatic heterocycles. The summed E-state index contributed by atoms with van der Waals surface area (Å²) in [6.45, 7) is 5.27. The molecule has 1 aromatic heterocycles. The zero-order valence-corrected chi connectivity index (χ0v) is 15.7. The molecule has 0 spiro atoms. The van der Waals surface area contributed by atoms with Gasteiger partial charge in [-0.1, -0.05) is 24.3 Å². The summed E-state index contributed by atoms with van der Waals surface area (Å²) in [4.78, 5) is 23.3. The molecule has 7 nitrogen and oxygen atoms in total. The molecule has 0 aliphatic rings. The fraction of sp³-hybridized carbons (Fsp3) is 0.200. The van der Waals surface area contributed by atoms with Gasteiger partial charge in [0.1, 0.15) is 5.82 Å². The van der Waals surface area contributed by atoms with Crippen molar-refractivity contribution in [2.45, 2.75) is 27.3 Å². The number of hydrogen-bond donors (Lipinski definition) is 1. The summed E-state index contributed by atoms with van der Waals surface area (Å²) < 4.78 is 15.5. The minimum Gasteiger partial charge on any atom is -0.319 e. The number of hydrogen-bond acceptors (Lipinski definition) is 4. The summed E-state index contributed by atoms with van der Waals surface area (Å²) in [6.07, 6.45) is 0. The largest absolute Gasteiger partial charge is 0.319 e. The van der Waals surface area contributed by atoms with Crippen LogP contribution in [0.2, 0.25) is 0 Å². The number of carbonyl (C=O) groups is 1. The molecule has 1 heterocycles. The second kappa shape index (κ2) is 7.59. The van der Waals surface area contributed by atoms with E-state index in [1.165, 1.54) is 31.2 Å². The van der Waals surface area contributed by atoms with Gasteiger partial charge < -0.3 is 5.32 Å². The summed E-state index contributed by atoms with van der Waals surface area (Å²) in [7, 11) is 0. The van der Waals surface area contributed by atoms with E-state index in [1.54, 1.807) is 36.7 Å². The van der Waals surface area contributed by atoms with Crippen LogP contribution in [-0.4, -0.2) is 20.6 Å². The van der Waals surface area contributed by atoms with Crippen molar-refractivity contribution in [1.82, 2.24) is 9.78 Å². The lowest BCUT2D eigenvalue weighted by atomic mass is 10.1. The fourth-order valence-electron chi connectivity index (χ4n) is 3.07. The summed E-state index contributed by atoms with van der Waals surface area (Å²) in [5.41, 5.74) is 2.63.